The van der Waals surface area contributed by atoms with E-state index in [0.29, 0.717) is 10.9 Å². The third kappa shape index (κ3) is 14.9. The monoisotopic (exact) mass is 243 g/mol. The average molecular weight is 243 g/mol. The van der Waals surface area contributed by atoms with Crippen LogP contribution in [-0.4, -0.2) is 37.2 Å². The molecule has 84 valence electrons. The van der Waals surface area contributed by atoms with E-state index in [1.807, 2.05) is 0 Å². The van der Waals surface area contributed by atoms with E-state index in [-0.39, 0.29) is 7.43 Å². The van der Waals surface area contributed by atoms with Gasteiger partial charge in [-0.2, -0.15) is 21.6 Å². The summed E-state index contributed by atoms with van der Waals surface area (Å²) in [7, 11) is -5.20. The van der Waals surface area contributed by atoms with Crippen LogP contribution in [0.15, 0.2) is 0 Å². The summed E-state index contributed by atoms with van der Waals surface area (Å²) in [6.45, 7) is 0. The highest BCUT2D eigenvalue weighted by Crippen LogP contribution is 2.20. The third-order valence-electron chi connectivity index (χ3n) is 0.292. The maximum Gasteiger partial charge on any atom is 0.522 e. The van der Waals surface area contributed by atoms with Crippen LogP contribution in [0.1, 0.15) is 7.43 Å². The first-order valence-electron chi connectivity index (χ1n) is 2.51. The van der Waals surface area contributed by atoms with Gasteiger partial charge in [0.15, 0.2) is 0 Å². The van der Waals surface area contributed by atoms with E-state index >= 15 is 0 Å². The first kappa shape index (κ1) is 18.8. The van der Waals surface area contributed by atoms with Gasteiger partial charge in [-0.1, -0.05) is 7.43 Å². The van der Waals surface area contributed by atoms with Gasteiger partial charge in [0.2, 0.25) is 0 Å². The fraction of sp³-hybridized carbons (Fsp3) is 1.00. The molecular weight excluding hydrogens is 229 g/mol. The van der Waals surface area contributed by atoms with Crippen molar-refractivity contribution in [1.82, 2.24) is 0 Å². The molecule has 0 aromatic heterocycles. The van der Waals surface area contributed by atoms with Crippen LogP contribution in [0.3, 0.4) is 0 Å². The van der Waals surface area contributed by atoms with Gasteiger partial charge in [0, 0.05) is 0 Å². The summed E-state index contributed by atoms with van der Waals surface area (Å²) in [6, 6.07) is 0. The lowest BCUT2D eigenvalue weighted by molar-refractivity contribution is -0.0510. The molecule has 0 aliphatic heterocycles. The van der Waals surface area contributed by atoms with Crippen LogP contribution < -0.4 is 0 Å². The van der Waals surface area contributed by atoms with Crippen LogP contribution in [0.5, 0.6) is 0 Å². The molecule has 0 heterocycles. The van der Waals surface area contributed by atoms with Crippen LogP contribution in [0.4, 0.5) is 13.2 Å². The summed E-state index contributed by atoms with van der Waals surface area (Å²) in [5, 5.41) is 0. The standard InChI is InChI=1S/C3H9S.CHF3O3S.CH4/c1-4(2)3;2-1(3,4)8(5,6)7;/h1-3H3;(H,5,6,7);1H4/q+1;;. The molecule has 3 nitrogen and oxygen atoms in total. The predicted octanol–water partition coefficient (Wildman–Crippen LogP) is 1.52. The second-order valence-corrected chi connectivity index (χ2v) is 6.01. The maximum absolute atomic E-state index is 10.7. The number of rotatable bonds is 0. The van der Waals surface area contributed by atoms with E-state index in [1.54, 1.807) is 0 Å². The Morgan fingerprint density at radius 1 is 1.15 bits per heavy atom. The molecule has 0 fully saturated rings. The fourth-order valence-corrected chi connectivity index (χ4v) is 0. The van der Waals surface area contributed by atoms with E-state index in [0.717, 1.165) is 0 Å². The normalized spacial score (nSPS) is 11.4. The highest BCUT2D eigenvalue weighted by molar-refractivity contribution is 7.94. The molecule has 13 heavy (non-hydrogen) atoms. The Bertz CT molecular complexity index is 205. The summed E-state index contributed by atoms with van der Waals surface area (Å²) < 4.78 is 57.5. The summed E-state index contributed by atoms with van der Waals surface area (Å²) in [4.78, 5) is 0. The van der Waals surface area contributed by atoms with Crippen molar-refractivity contribution in [1.29, 1.82) is 0 Å². The van der Waals surface area contributed by atoms with E-state index in [2.05, 4.69) is 18.8 Å². The van der Waals surface area contributed by atoms with Crippen molar-refractivity contribution < 1.29 is 26.1 Å². The van der Waals surface area contributed by atoms with Crippen LogP contribution in [0, 0.1) is 0 Å². The Morgan fingerprint density at radius 3 is 1.23 bits per heavy atom. The molecule has 0 aromatic carbocycles. The summed E-state index contributed by atoms with van der Waals surface area (Å²) in [6.07, 6.45) is 6.58. The van der Waals surface area contributed by atoms with E-state index < -0.39 is 15.6 Å². The molecule has 0 aromatic rings. The van der Waals surface area contributed by atoms with Gasteiger partial charge in [0.25, 0.3) is 0 Å². The molecule has 0 bridgehead atoms. The second-order valence-electron chi connectivity index (χ2n) is 2.15. The Labute approximate surface area is 79.4 Å². The Balaban J connectivity index is -0.000000173. The van der Waals surface area contributed by atoms with E-state index in [1.165, 1.54) is 0 Å². The number of alkyl halides is 3. The molecular formula is C5H14F3O3S2+. The summed E-state index contributed by atoms with van der Waals surface area (Å²) in [5.41, 5.74) is -5.53. The van der Waals surface area contributed by atoms with Gasteiger partial charge in [-0.15, -0.1) is 0 Å². The van der Waals surface area contributed by atoms with Crippen molar-refractivity contribution in [2.24, 2.45) is 0 Å². The van der Waals surface area contributed by atoms with Crippen LogP contribution >= 0.6 is 0 Å². The summed E-state index contributed by atoms with van der Waals surface area (Å²) in [5.74, 6) is 0. The Morgan fingerprint density at radius 2 is 1.23 bits per heavy atom. The largest absolute Gasteiger partial charge is 0.522 e. The molecule has 0 atom stereocenters. The lowest BCUT2D eigenvalue weighted by atomic mass is 11.6. The van der Waals surface area contributed by atoms with Crippen molar-refractivity contribution >= 4 is 21.0 Å². The summed E-state index contributed by atoms with van der Waals surface area (Å²) >= 11 is 0. The Hall–Kier alpha value is 0.0500. The van der Waals surface area contributed by atoms with Gasteiger partial charge in [-0.25, -0.2) is 0 Å². The molecule has 0 amide bonds. The van der Waals surface area contributed by atoms with Crippen molar-refractivity contribution in [3.05, 3.63) is 0 Å². The molecule has 0 aliphatic carbocycles. The SMILES string of the molecule is C.C[S+](C)C.O=S(=O)(O)C(F)(F)F. The molecule has 0 radical (unpaired) electrons. The van der Waals surface area contributed by atoms with Gasteiger partial charge in [0.1, 0.15) is 0 Å². The molecule has 1 N–H and O–H groups in total. The van der Waals surface area contributed by atoms with Gasteiger partial charge < -0.3 is 0 Å². The smallest absolute Gasteiger partial charge is 0.279 e. The quantitative estimate of drug-likeness (QED) is 0.399. The first-order chi connectivity index (χ1) is 4.98. The lowest BCUT2D eigenvalue weighted by Gasteiger charge is -1.97. The molecule has 0 unspecified atom stereocenters. The molecule has 0 saturated heterocycles. The van der Waals surface area contributed by atoms with Crippen LogP contribution in [0.25, 0.3) is 0 Å². The van der Waals surface area contributed by atoms with E-state index in [9.17, 15) is 13.2 Å². The number of hydrogen-bond acceptors (Lipinski definition) is 2. The van der Waals surface area contributed by atoms with Crippen LogP contribution in [-0.2, 0) is 21.0 Å². The first-order valence-corrected chi connectivity index (χ1v) is 6.40. The third-order valence-corrected chi connectivity index (χ3v) is 0.877. The number of halogens is 3. The zero-order valence-electron chi connectivity index (χ0n) is 6.71. The van der Waals surface area contributed by atoms with Crippen molar-refractivity contribution in [2.45, 2.75) is 12.9 Å². The predicted molar refractivity (Wildman–Crippen MR) is 49.5 cm³/mol. The molecule has 0 aliphatic rings. The van der Waals surface area contributed by atoms with Gasteiger partial charge in [-0.3, -0.25) is 4.55 Å². The highest BCUT2D eigenvalue weighted by atomic mass is 32.2. The highest BCUT2D eigenvalue weighted by Gasteiger charge is 2.44. The van der Waals surface area contributed by atoms with Gasteiger partial charge in [0.05, 0.1) is 18.8 Å². The van der Waals surface area contributed by atoms with Crippen molar-refractivity contribution in [2.75, 3.05) is 18.8 Å². The minimum atomic E-state index is -5.84. The average Bonchev–Trinajstić information content (AvgIpc) is 1.55. The lowest BCUT2D eigenvalue weighted by Crippen LogP contribution is -2.21. The molecule has 8 heteroatoms. The minimum absolute atomic E-state index is 0. The molecule has 0 rings (SSSR count). The minimum Gasteiger partial charge on any atom is -0.279 e. The Kier molecular flexibility index (Phi) is 9.37. The maximum atomic E-state index is 10.7. The topological polar surface area (TPSA) is 54.4 Å². The molecule has 0 spiro atoms. The zero-order valence-corrected chi connectivity index (χ0v) is 8.35. The van der Waals surface area contributed by atoms with Gasteiger partial charge in [-0.05, 0) is 10.9 Å². The van der Waals surface area contributed by atoms with Crippen molar-refractivity contribution in [3.63, 3.8) is 0 Å². The zero-order chi connectivity index (χ0) is 10.6. The van der Waals surface area contributed by atoms with Gasteiger partial charge >= 0.3 is 15.6 Å². The fourth-order valence-electron chi connectivity index (χ4n) is 0. The molecule has 0 saturated carbocycles. The van der Waals surface area contributed by atoms with E-state index in [4.69, 9.17) is 13.0 Å². The second kappa shape index (κ2) is 6.50. The number of hydrogen-bond donors (Lipinski definition) is 1. The van der Waals surface area contributed by atoms with Crippen molar-refractivity contribution in [3.8, 4) is 0 Å². The van der Waals surface area contributed by atoms with Crippen LogP contribution in [0.2, 0.25) is 0 Å².